The molecule has 3 N–H and O–H groups in total. The molecule has 2 rings (SSSR count). The fourth-order valence-electron chi connectivity index (χ4n) is 5.59. The molecular weight excluding hydrogens is 480 g/mol. The van der Waals surface area contributed by atoms with Gasteiger partial charge in [-0.3, -0.25) is 4.79 Å². The van der Waals surface area contributed by atoms with Crippen LogP contribution < -0.4 is 15.2 Å². The summed E-state index contributed by atoms with van der Waals surface area (Å²) in [4.78, 5) is 15.5. The van der Waals surface area contributed by atoms with Gasteiger partial charge in [0.25, 0.3) is 0 Å². The lowest BCUT2D eigenvalue weighted by Crippen LogP contribution is -2.40. The number of ketones is 1. The standard InChI is InChI=1S/C31H54N2O5/c1-21(2)25(15-23-9-10-30(37-7)31(17-23)38-14-8-13-36-6)18-27(32)29(35)19-26(22(3)4)28(34)16-24-11-12-33(5)20-24/h9-10,17,21-22,24-27,29,35H,8,11-16,18-20,32H2,1-7H3/t24?,25-,26-,27-,29-/m0/s1. The monoisotopic (exact) mass is 534 g/mol. The van der Waals surface area contributed by atoms with Gasteiger partial charge in [0.05, 0.1) is 19.8 Å². The maximum Gasteiger partial charge on any atom is 0.161 e. The molecule has 7 nitrogen and oxygen atoms in total. The lowest BCUT2D eigenvalue weighted by molar-refractivity contribution is -0.126. The molecule has 0 radical (unpaired) electrons. The number of nitrogens with zero attached hydrogens (tertiary/aromatic N) is 1. The molecule has 7 heteroatoms. The molecule has 1 aliphatic rings. The van der Waals surface area contributed by atoms with Crippen LogP contribution >= 0.6 is 0 Å². The van der Waals surface area contributed by atoms with Gasteiger partial charge in [0.2, 0.25) is 0 Å². The van der Waals surface area contributed by atoms with Gasteiger partial charge < -0.3 is 30.0 Å². The number of aliphatic hydroxyl groups is 1. The van der Waals surface area contributed by atoms with Crippen LogP contribution in [0.3, 0.4) is 0 Å². The summed E-state index contributed by atoms with van der Waals surface area (Å²) in [6, 6.07) is 5.70. The number of aliphatic hydroxyl groups excluding tert-OH is 1. The second-order valence-electron chi connectivity index (χ2n) is 12.0. The predicted molar refractivity (Wildman–Crippen MR) is 154 cm³/mol. The summed E-state index contributed by atoms with van der Waals surface area (Å²) >= 11 is 0. The van der Waals surface area contributed by atoms with E-state index >= 15 is 0 Å². The van der Waals surface area contributed by atoms with Crippen LogP contribution in [0, 0.1) is 29.6 Å². The normalized spacial score (nSPS) is 19.5. The summed E-state index contributed by atoms with van der Waals surface area (Å²) in [6.45, 7) is 11.8. The van der Waals surface area contributed by atoms with Gasteiger partial charge in [0.1, 0.15) is 5.78 Å². The van der Waals surface area contributed by atoms with Crippen molar-refractivity contribution in [3.8, 4) is 11.5 Å². The third-order valence-electron chi connectivity index (χ3n) is 8.18. The topological polar surface area (TPSA) is 94.2 Å². The van der Waals surface area contributed by atoms with Crippen molar-refractivity contribution in [1.82, 2.24) is 4.90 Å². The zero-order valence-electron chi connectivity index (χ0n) is 24.9. The Morgan fingerprint density at radius 3 is 2.42 bits per heavy atom. The van der Waals surface area contributed by atoms with Gasteiger partial charge in [0.15, 0.2) is 11.5 Å². The van der Waals surface area contributed by atoms with Crippen LogP contribution in [-0.4, -0.2) is 75.5 Å². The Kier molecular flexibility index (Phi) is 14.1. The minimum atomic E-state index is -0.700. The van der Waals surface area contributed by atoms with Crippen LogP contribution in [0.5, 0.6) is 11.5 Å². The summed E-state index contributed by atoms with van der Waals surface area (Å²) in [7, 11) is 5.45. The average molecular weight is 535 g/mol. The molecule has 0 spiro atoms. The highest BCUT2D eigenvalue weighted by Crippen LogP contribution is 2.32. The van der Waals surface area contributed by atoms with Crippen molar-refractivity contribution in [2.24, 2.45) is 35.3 Å². The molecule has 0 amide bonds. The number of methoxy groups -OCH3 is 2. The third-order valence-corrected chi connectivity index (χ3v) is 8.18. The summed E-state index contributed by atoms with van der Waals surface area (Å²) < 4.78 is 16.6. The second kappa shape index (κ2) is 16.4. The molecule has 218 valence electrons. The average Bonchev–Trinajstić information content (AvgIpc) is 3.28. The Balaban J connectivity index is 2.00. The molecule has 0 aromatic heterocycles. The molecule has 1 saturated heterocycles. The molecule has 1 aliphatic heterocycles. The van der Waals surface area contributed by atoms with Gasteiger partial charge in [-0.15, -0.1) is 0 Å². The van der Waals surface area contributed by atoms with E-state index < -0.39 is 6.10 Å². The number of benzene rings is 1. The first-order chi connectivity index (χ1) is 18.0. The van der Waals surface area contributed by atoms with E-state index in [1.807, 2.05) is 6.07 Å². The zero-order valence-corrected chi connectivity index (χ0v) is 24.9. The molecule has 1 heterocycles. The van der Waals surface area contributed by atoms with Crippen LogP contribution in [0.1, 0.15) is 65.4 Å². The van der Waals surface area contributed by atoms with Gasteiger partial charge in [-0.25, -0.2) is 0 Å². The molecule has 0 saturated carbocycles. The van der Waals surface area contributed by atoms with Crippen molar-refractivity contribution in [3.05, 3.63) is 23.8 Å². The van der Waals surface area contributed by atoms with Crippen molar-refractivity contribution in [3.63, 3.8) is 0 Å². The third kappa shape index (κ3) is 10.5. The Morgan fingerprint density at radius 1 is 1.11 bits per heavy atom. The maximum absolute atomic E-state index is 13.2. The lowest BCUT2D eigenvalue weighted by Gasteiger charge is -2.30. The molecule has 0 aliphatic carbocycles. The van der Waals surface area contributed by atoms with E-state index in [2.05, 4.69) is 51.8 Å². The van der Waals surface area contributed by atoms with E-state index in [1.54, 1.807) is 14.2 Å². The maximum atomic E-state index is 13.2. The van der Waals surface area contributed by atoms with E-state index in [0.29, 0.717) is 50.1 Å². The highest BCUT2D eigenvalue weighted by molar-refractivity contribution is 5.81. The van der Waals surface area contributed by atoms with Gasteiger partial charge in [0, 0.05) is 45.1 Å². The van der Waals surface area contributed by atoms with Crippen LogP contribution in [0.2, 0.25) is 0 Å². The molecule has 1 fully saturated rings. The lowest BCUT2D eigenvalue weighted by atomic mass is 9.79. The minimum Gasteiger partial charge on any atom is -0.493 e. The van der Waals surface area contributed by atoms with E-state index in [4.69, 9.17) is 19.9 Å². The zero-order chi connectivity index (χ0) is 28.2. The number of hydrogen-bond donors (Lipinski definition) is 2. The predicted octanol–water partition coefficient (Wildman–Crippen LogP) is 4.58. The van der Waals surface area contributed by atoms with Crippen molar-refractivity contribution in [2.75, 3.05) is 47.6 Å². The second-order valence-corrected chi connectivity index (χ2v) is 12.0. The number of ether oxygens (including phenoxy) is 3. The molecular formula is C31H54N2O5. The van der Waals surface area contributed by atoms with Crippen molar-refractivity contribution in [2.45, 2.75) is 78.4 Å². The Labute approximate surface area is 231 Å². The molecule has 1 aromatic carbocycles. The molecule has 1 aromatic rings. The number of hydrogen-bond acceptors (Lipinski definition) is 7. The summed E-state index contributed by atoms with van der Waals surface area (Å²) in [6.07, 6.45) is 3.76. The highest BCUT2D eigenvalue weighted by atomic mass is 16.5. The van der Waals surface area contributed by atoms with Gasteiger partial charge in [-0.1, -0.05) is 33.8 Å². The molecule has 38 heavy (non-hydrogen) atoms. The van der Waals surface area contributed by atoms with Crippen LogP contribution in [0.15, 0.2) is 18.2 Å². The summed E-state index contributed by atoms with van der Waals surface area (Å²) in [5.41, 5.74) is 7.74. The van der Waals surface area contributed by atoms with Crippen LogP contribution in [-0.2, 0) is 16.0 Å². The van der Waals surface area contributed by atoms with Crippen LogP contribution in [0.25, 0.3) is 0 Å². The smallest absolute Gasteiger partial charge is 0.161 e. The fraction of sp³-hybridized carbons (Fsp3) is 0.774. The SMILES string of the molecule is COCCCOc1cc(C[C@@H](C[C@H](N)[C@@H](O)C[C@H](C(=O)CC2CCN(C)C2)C(C)C)C(C)C)ccc1OC. The first kappa shape index (κ1) is 32.5. The molecule has 5 atom stereocenters. The molecule has 1 unspecified atom stereocenters. The van der Waals surface area contributed by atoms with Gasteiger partial charge in [-0.05, 0) is 80.6 Å². The quantitative estimate of drug-likeness (QED) is 0.266. The Hall–Kier alpha value is -1.67. The minimum absolute atomic E-state index is 0.154. The number of Topliss-reactive ketones (excluding diaryl/α,β-unsaturated/α-hetero) is 1. The highest BCUT2D eigenvalue weighted by Gasteiger charge is 2.32. The number of carbonyl (C=O) groups excluding carboxylic acids is 1. The van der Waals surface area contributed by atoms with Crippen molar-refractivity contribution >= 4 is 5.78 Å². The largest absolute Gasteiger partial charge is 0.493 e. The first-order valence-electron chi connectivity index (χ1n) is 14.5. The van der Waals surface area contributed by atoms with E-state index in [1.165, 1.54) is 0 Å². The summed E-state index contributed by atoms with van der Waals surface area (Å²) in [5.74, 6) is 2.88. The number of carbonyl (C=O) groups is 1. The fourth-order valence-corrected chi connectivity index (χ4v) is 5.59. The van der Waals surface area contributed by atoms with E-state index in [9.17, 15) is 9.90 Å². The van der Waals surface area contributed by atoms with E-state index in [-0.39, 0.29) is 29.6 Å². The van der Waals surface area contributed by atoms with Gasteiger partial charge in [-0.2, -0.15) is 0 Å². The number of rotatable bonds is 18. The van der Waals surface area contributed by atoms with E-state index in [0.717, 1.165) is 43.7 Å². The van der Waals surface area contributed by atoms with Gasteiger partial charge >= 0.3 is 0 Å². The molecule has 0 bridgehead atoms. The number of nitrogens with two attached hydrogens (primary N) is 1. The van der Waals surface area contributed by atoms with Crippen molar-refractivity contribution < 1.29 is 24.1 Å². The van der Waals surface area contributed by atoms with Crippen LogP contribution in [0.4, 0.5) is 0 Å². The summed E-state index contributed by atoms with van der Waals surface area (Å²) in [5, 5.41) is 11.1. The Bertz CT molecular complexity index is 830. The Morgan fingerprint density at radius 2 is 1.84 bits per heavy atom. The van der Waals surface area contributed by atoms with Crippen molar-refractivity contribution in [1.29, 1.82) is 0 Å². The number of likely N-dealkylation sites (tertiary alicyclic amines) is 1. The first-order valence-corrected chi connectivity index (χ1v) is 14.5.